The number of nitrogens with one attached hydrogen (secondary N) is 1. The Labute approximate surface area is 130 Å². The van der Waals surface area contributed by atoms with E-state index in [1.54, 1.807) is 0 Å². The highest BCUT2D eigenvalue weighted by molar-refractivity contribution is 7.71. The molecule has 0 amide bonds. The smallest absolute Gasteiger partial charge is 0.121 e. The summed E-state index contributed by atoms with van der Waals surface area (Å²) in [6, 6.07) is 12.6. The third-order valence-corrected chi connectivity index (χ3v) is 4.79. The van der Waals surface area contributed by atoms with Gasteiger partial charge in [0.25, 0.3) is 0 Å². The summed E-state index contributed by atoms with van der Waals surface area (Å²) in [6.45, 7) is 2.24. The summed E-state index contributed by atoms with van der Waals surface area (Å²) in [6.07, 6.45) is 4.35. The summed E-state index contributed by atoms with van der Waals surface area (Å²) in [5.41, 5.74) is 5.40. The first-order valence-corrected chi connectivity index (χ1v) is 7.89. The largest absolute Gasteiger partial charge is 0.345 e. The number of aromatic amines is 1. The second-order valence-electron chi connectivity index (χ2n) is 5.66. The Morgan fingerprint density at radius 1 is 1.29 bits per heavy atom. The van der Waals surface area contributed by atoms with Crippen molar-refractivity contribution in [2.75, 3.05) is 0 Å². The van der Waals surface area contributed by atoms with E-state index in [1.807, 2.05) is 18.2 Å². The number of H-pyrrole nitrogens is 1. The zero-order chi connectivity index (χ0) is 14.8. The van der Waals surface area contributed by atoms with Crippen molar-refractivity contribution in [3.8, 4) is 17.3 Å². The summed E-state index contributed by atoms with van der Waals surface area (Å²) in [5, 5.41) is 9.42. The molecule has 3 heteroatoms. The molecule has 1 heterocycles. The van der Waals surface area contributed by atoms with E-state index in [9.17, 15) is 5.26 Å². The molecule has 1 aromatic carbocycles. The fourth-order valence-electron chi connectivity index (χ4n) is 3.25. The molecule has 0 saturated heterocycles. The molecule has 0 unspecified atom stereocenters. The number of fused-ring (bicyclic) bond motifs is 1. The van der Waals surface area contributed by atoms with Crippen LogP contribution in [0.1, 0.15) is 36.5 Å². The minimum Gasteiger partial charge on any atom is -0.345 e. The van der Waals surface area contributed by atoms with Crippen LogP contribution in [0, 0.1) is 21.9 Å². The molecule has 1 aliphatic carbocycles. The first-order chi connectivity index (χ1) is 10.2. The molecule has 2 nitrogen and oxygen atoms in total. The van der Waals surface area contributed by atoms with Crippen LogP contribution in [0.2, 0.25) is 0 Å². The van der Waals surface area contributed by atoms with Crippen molar-refractivity contribution in [3.63, 3.8) is 0 Å². The number of pyridine rings is 1. The van der Waals surface area contributed by atoms with Gasteiger partial charge in [0.1, 0.15) is 10.7 Å². The maximum Gasteiger partial charge on any atom is 0.121 e. The molecular formula is C18H18N2S. The Bertz CT molecular complexity index is 753. The number of benzene rings is 1. The van der Waals surface area contributed by atoms with Crippen LogP contribution in [0.5, 0.6) is 0 Å². The van der Waals surface area contributed by atoms with Gasteiger partial charge in [-0.3, -0.25) is 0 Å². The topological polar surface area (TPSA) is 39.6 Å². The summed E-state index contributed by atoms with van der Waals surface area (Å²) >= 11 is 5.40. The normalized spacial score (nSPS) is 17.0. The van der Waals surface area contributed by atoms with Crippen molar-refractivity contribution >= 4 is 12.2 Å². The first kappa shape index (κ1) is 14.0. The van der Waals surface area contributed by atoms with Crippen LogP contribution < -0.4 is 0 Å². The minimum absolute atomic E-state index is 0.574. The molecule has 0 fully saturated rings. The molecule has 1 aromatic heterocycles. The maximum absolute atomic E-state index is 9.42. The van der Waals surface area contributed by atoms with E-state index in [2.05, 4.69) is 30.1 Å². The number of hydrogen-bond acceptors (Lipinski definition) is 2. The van der Waals surface area contributed by atoms with Gasteiger partial charge in [-0.25, -0.2) is 0 Å². The molecule has 1 atom stereocenters. The fraction of sp³-hybridized carbons (Fsp3) is 0.333. The predicted molar refractivity (Wildman–Crippen MR) is 87.6 cm³/mol. The second-order valence-corrected chi connectivity index (χ2v) is 6.06. The van der Waals surface area contributed by atoms with E-state index in [4.69, 9.17) is 12.2 Å². The van der Waals surface area contributed by atoms with Crippen molar-refractivity contribution in [2.45, 2.75) is 32.6 Å². The molecule has 0 aliphatic heterocycles. The average Bonchev–Trinajstić information content (AvgIpc) is 2.54. The van der Waals surface area contributed by atoms with Crippen LogP contribution >= 0.6 is 12.2 Å². The van der Waals surface area contributed by atoms with Gasteiger partial charge in [0.2, 0.25) is 0 Å². The molecule has 0 radical (unpaired) electrons. The monoisotopic (exact) mass is 294 g/mol. The van der Waals surface area contributed by atoms with Gasteiger partial charge < -0.3 is 4.98 Å². The molecule has 1 aliphatic rings. The summed E-state index contributed by atoms with van der Waals surface area (Å²) in [4.78, 5) is 3.31. The number of nitrogens with zero attached hydrogens (tertiary/aromatic N) is 1. The Hall–Kier alpha value is -1.92. The van der Waals surface area contributed by atoms with Crippen molar-refractivity contribution in [1.82, 2.24) is 4.98 Å². The van der Waals surface area contributed by atoms with Crippen molar-refractivity contribution in [1.29, 1.82) is 5.26 Å². The minimum atomic E-state index is 0.574. The molecule has 0 spiro atoms. The van der Waals surface area contributed by atoms with Gasteiger partial charge in [0.05, 0.1) is 5.56 Å². The summed E-state index contributed by atoms with van der Waals surface area (Å²) in [7, 11) is 0. The molecule has 2 aromatic rings. The molecular weight excluding hydrogens is 276 g/mol. The van der Waals surface area contributed by atoms with Crippen LogP contribution in [0.15, 0.2) is 30.3 Å². The van der Waals surface area contributed by atoms with Crippen molar-refractivity contribution in [3.05, 3.63) is 51.7 Å². The summed E-state index contributed by atoms with van der Waals surface area (Å²) in [5.74, 6) is 0.705. The quantitative estimate of drug-likeness (QED) is 0.808. The first-order valence-electron chi connectivity index (χ1n) is 7.48. The molecule has 1 N–H and O–H groups in total. The highest BCUT2D eigenvalue weighted by atomic mass is 32.1. The highest BCUT2D eigenvalue weighted by Crippen LogP contribution is 2.35. The van der Waals surface area contributed by atoms with Crippen LogP contribution in [-0.2, 0) is 12.8 Å². The lowest BCUT2D eigenvalue weighted by Gasteiger charge is -2.26. The van der Waals surface area contributed by atoms with Gasteiger partial charge in [0, 0.05) is 5.69 Å². The lowest BCUT2D eigenvalue weighted by molar-refractivity contribution is 0.444. The van der Waals surface area contributed by atoms with Crippen LogP contribution in [0.25, 0.3) is 11.3 Å². The van der Waals surface area contributed by atoms with Gasteiger partial charge >= 0.3 is 0 Å². The van der Waals surface area contributed by atoms with Crippen LogP contribution in [-0.4, -0.2) is 4.98 Å². The van der Waals surface area contributed by atoms with E-state index < -0.39 is 0 Å². The zero-order valence-electron chi connectivity index (χ0n) is 12.1. The van der Waals surface area contributed by atoms with E-state index >= 15 is 0 Å². The molecule has 106 valence electrons. The van der Waals surface area contributed by atoms with Crippen molar-refractivity contribution < 1.29 is 0 Å². The number of rotatable bonds is 2. The SMILES string of the molecule is CC[C@H]1CCc2c(c(-c3ccccc3)[nH]c(=S)c2C#N)C1. The number of aromatic nitrogens is 1. The Balaban J connectivity index is 2.24. The van der Waals surface area contributed by atoms with Gasteiger partial charge in [0.15, 0.2) is 0 Å². The van der Waals surface area contributed by atoms with E-state index in [0.717, 1.165) is 30.5 Å². The Kier molecular flexibility index (Phi) is 3.90. The van der Waals surface area contributed by atoms with Gasteiger partial charge in [-0.1, -0.05) is 55.9 Å². The zero-order valence-corrected chi connectivity index (χ0v) is 13.0. The van der Waals surface area contributed by atoms with Gasteiger partial charge in [-0.2, -0.15) is 5.26 Å². The molecule has 3 rings (SSSR count). The Morgan fingerprint density at radius 3 is 2.71 bits per heavy atom. The number of nitriles is 1. The van der Waals surface area contributed by atoms with Crippen LogP contribution in [0.4, 0.5) is 0 Å². The van der Waals surface area contributed by atoms with E-state index in [1.165, 1.54) is 17.5 Å². The Morgan fingerprint density at radius 2 is 2.05 bits per heavy atom. The third kappa shape index (κ3) is 2.52. The van der Waals surface area contributed by atoms with E-state index in [-0.39, 0.29) is 0 Å². The fourth-order valence-corrected chi connectivity index (χ4v) is 3.52. The lowest BCUT2D eigenvalue weighted by Crippen LogP contribution is -2.17. The van der Waals surface area contributed by atoms with Gasteiger partial charge in [-0.15, -0.1) is 0 Å². The highest BCUT2D eigenvalue weighted by Gasteiger charge is 2.24. The predicted octanol–water partition coefficient (Wildman–Crippen LogP) is 4.80. The van der Waals surface area contributed by atoms with E-state index in [0.29, 0.717) is 16.1 Å². The van der Waals surface area contributed by atoms with Gasteiger partial charge in [-0.05, 0) is 41.9 Å². The summed E-state index contributed by atoms with van der Waals surface area (Å²) < 4.78 is 0.574. The van der Waals surface area contributed by atoms with Crippen molar-refractivity contribution in [2.24, 2.45) is 5.92 Å². The molecule has 0 bridgehead atoms. The second kappa shape index (κ2) is 5.83. The molecule has 0 saturated carbocycles. The average molecular weight is 294 g/mol. The lowest BCUT2D eigenvalue weighted by atomic mass is 9.79. The van der Waals surface area contributed by atoms with Crippen LogP contribution in [0.3, 0.4) is 0 Å². The maximum atomic E-state index is 9.42. The standard InChI is InChI=1S/C18H18N2S/c1-2-12-8-9-14-15(10-12)17(13-6-4-3-5-7-13)20-18(21)16(14)11-19/h3-7,12H,2,8-10H2,1H3,(H,20,21)/t12-/m0/s1. The number of hydrogen-bond donors (Lipinski definition) is 1. The molecule has 21 heavy (non-hydrogen) atoms. The third-order valence-electron chi connectivity index (χ3n) is 4.48.